The molecule has 1 nitrogen and oxygen atoms in total. The highest BCUT2D eigenvalue weighted by Crippen LogP contribution is 2.06. The molecule has 0 saturated heterocycles. The van der Waals surface area contributed by atoms with Crippen molar-refractivity contribution < 1.29 is 8.96 Å². The van der Waals surface area contributed by atoms with Gasteiger partial charge < -0.3 is 0 Å². The molecule has 0 bridgehead atoms. The molecular weight excluding hydrogens is 201 g/mol. The maximum Gasteiger partial charge on any atom is 0.204 e. The van der Waals surface area contributed by atoms with Crippen LogP contribution in [0.3, 0.4) is 0 Å². The molecule has 0 amide bonds. The lowest BCUT2D eigenvalue weighted by molar-refractivity contribution is -0.673. The van der Waals surface area contributed by atoms with Gasteiger partial charge >= 0.3 is 0 Å². The van der Waals surface area contributed by atoms with Crippen molar-refractivity contribution in [3.63, 3.8) is 0 Å². The second-order valence-electron chi connectivity index (χ2n) is 3.62. The summed E-state index contributed by atoms with van der Waals surface area (Å²) in [6.45, 7) is 0. The van der Waals surface area contributed by atoms with Crippen LogP contribution in [0, 0.1) is 5.82 Å². The first-order chi connectivity index (χ1) is 7.75. The molecule has 2 aromatic rings. The topological polar surface area (TPSA) is 3.88 Å². The first kappa shape index (κ1) is 10.6. The van der Waals surface area contributed by atoms with Crippen LogP contribution in [0.5, 0.6) is 0 Å². The second kappa shape index (κ2) is 4.71. The standard InChI is InChI=1S/C14H13FN/c1-16-11-3-2-4-14(16)10-7-12-5-8-13(15)9-6-12/h2-11H,1H3/q+1. The monoisotopic (exact) mass is 214 g/mol. The number of pyridine rings is 1. The minimum atomic E-state index is -0.206. The molecule has 2 rings (SSSR count). The zero-order valence-corrected chi connectivity index (χ0v) is 9.10. The van der Waals surface area contributed by atoms with E-state index in [0.29, 0.717) is 0 Å². The van der Waals surface area contributed by atoms with Crippen molar-refractivity contribution in [3.8, 4) is 0 Å². The van der Waals surface area contributed by atoms with E-state index in [1.54, 1.807) is 12.1 Å². The van der Waals surface area contributed by atoms with Crippen LogP contribution in [0.1, 0.15) is 11.3 Å². The summed E-state index contributed by atoms with van der Waals surface area (Å²) < 4.78 is 14.7. The van der Waals surface area contributed by atoms with E-state index >= 15 is 0 Å². The molecule has 0 aliphatic rings. The molecule has 1 aromatic heterocycles. The Hall–Kier alpha value is -1.96. The van der Waals surface area contributed by atoms with Gasteiger partial charge in [0.25, 0.3) is 0 Å². The van der Waals surface area contributed by atoms with Gasteiger partial charge in [0.1, 0.15) is 12.9 Å². The lowest BCUT2D eigenvalue weighted by Crippen LogP contribution is -2.30. The molecule has 1 heterocycles. The van der Waals surface area contributed by atoms with Crippen molar-refractivity contribution in [1.29, 1.82) is 0 Å². The fraction of sp³-hybridized carbons (Fsp3) is 0.0714. The van der Waals surface area contributed by atoms with Crippen molar-refractivity contribution >= 4 is 12.2 Å². The number of hydrogen-bond donors (Lipinski definition) is 0. The summed E-state index contributed by atoms with van der Waals surface area (Å²) in [5.74, 6) is -0.206. The van der Waals surface area contributed by atoms with E-state index in [2.05, 4.69) is 0 Å². The van der Waals surface area contributed by atoms with Crippen LogP contribution in [0.15, 0.2) is 48.7 Å². The molecular formula is C14H13FN+. The second-order valence-corrected chi connectivity index (χ2v) is 3.62. The van der Waals surface area contributed by atoms with Gasteiger partial charge in [0.15, 0.2) is 6.20 Å². The van der Waals surface area contributed by atoms with Gasteiger partial charge in [0.05, 0.1) is 0 Å². The van der Waals surface area contributed by atoms with Gasteiger partial charge in [-0.1, -0.05) is 12.1 Å². The quantitative estimate of drug-likeness (QED) is 0.677. The highest BCUT2D eigenvalue weighted by Gasteiger charge is 1.98. The van der Waals surface area contributed by atoms with Gasteiger partial charge in [-0.2, -0.15) is 0 Å². The molecule has 0 saturated carbocycles. The van der Waals surface area contributed by atoms with Crippen molar-refractivity contribution in [2.45, 2.75) is 0 Å². The van der Waals surface area contributed by atoms with E-state index in [1.807, 2.05) is 48.2 Å². The third-order valence-corrected chi connectivity index (χ3v) is 2.41. The zero-order chi connectivity index (χ0) is 11.4. The van der Waals surface area contributed by atoms with Gasteiger partial charge in [-0.05, 0) is 29.8 Å². The average Bonchev–Trinajstić information content (AvgIpc) is 2.30. The van der Waals surface area contributed by atoms with Gasteiger partial charge in [-0.3, -0.25) is 0 Å². The Morgan fingerprint density at radius 3 is 2.44 bits per heavy atom. The lowest BCUT2D eigenvalue weighted by atomic mass is 10.2. The molecule has 16 heavy (non-hydrogen) atoms. The minimum Gasteiger partial charge on any atom is -0.207 e. The van der Waals surface area contributed by atoms with Crippen LogP contribution >= 0.6 is 0 Å². The van der Waals surface area contributed by atoms with Crippen molar-refractivity contribution in [3.05, 3.63) is 65.7 Å². The molecule has 0 atom stereocenters. The van der Waals surface area contributed by atoms with Crippen LogP contribution in [-0.2, 0) is 7.05 Å². The summed E-state index contributed by atoms with van der Waals surface area (Å²) in [4.78, 5) is 0. The molecule has 0 radical (unpaired) electrons. The number of aromatic nitrogens is 1. The summed E-state index contributed by atoms with van der Waals surface area (Å²) in [6.07, 6.45) is 5.96. The number of rotatable bonds is 2. The van der Waals surface area contributed by atoms with Crippen LogP contribution in [0.25, 0.3) is 12.2 Å². The lowest BCUT2D eigenvalue weighted by Gasteiger charge is -1.94. The van der Waals surface area contributed by atoms with Crippen LogP contribution in [0.2, 0.25) is 0 Å². The van der Waals surface area contributed by atoms with Gasteiger partial charge in [0, 0.05) is 18.2 Å². The van der Waals surface area contributed by atoms with Crippen molar-refractivity contribution in [2.24, 2.45) is 7.05 Å². The van der Waals surface area contributed by atoms with Crippen molar-refractivity contribution in [1.82, 2.24) is 0 Å². The summed E-state index contributed by atoms with van der Waals surface area (Å²) in [6, 6.07) is 12.4. The first-order valence-corrected chi connectivity index (χ1v) is 5.14. The Kier molecular flexibility index (Phi) is 3.10. The highest BCUT2D eigenvalue weighted by atomic mass is 19.1. The molecule has 0 spiro atoms. The molecule has 0 aliphatic carbocycles. The fourth-order valence-corrected chi connectivity index (χ4v) is 1.47. The van der Waals surface area contributed by atoms with Gasteiger partial charge in [-0.15, -0.1) is 0 Å². The maximum absolute atomic E-state index is 12.7. The number of aryl methyl sites for hydroxylation is 1. The number of hydrogen-bond acceptors (Lipinski definition) is 0. The Balaban J connectivity index is 2.21. The molecule has 2 heteroatoms. The van der Waals surface area contributed by atoms with Crippen LogP contribution in [0.4, 0.5) is 4.39 Å². The highest BCUT2D eigenvalue weighted by molar-refractivity contribution is 5.66. The predicted molar refractivity (Wildman–Crippen MR) is 62.9 cm³/mol. The Labute approximate surface area is 94.5 Å². The normalized spacial score (nSPS) is 10.9. The molecule has 1 aromatic carbocycles. The Bertz CT molecular complexity index is 500. The van der Waals surface area contributed by atoms with E-state index in [-0.39, 0.29) is 5.82 Å². The van der Waals surface area contributed by atoms with Gasteiger partial charge in [0.2, 0.25) is 5.69 Å². The Morgan fingerprint density at radius 1 is 1.00 bits per heavy atom. The minimum absolute atomic E-state index is 0.206. The number of halogens is 1. The molecule has 0 aliphatic heterocycles. The van der Waals surface area contributed by atoms with Crippen molar-refractivity contribution in [2.75, 3.05) is 0 Å². The third kappa shape index (κ3) is 2.54. The summed E-state index contributed by atoms with van der Waals surface area (Å²) in [5.41, 5.74) is 2.09. The SMILES string of the molecule is C[n+]1ccccc1C=Cc1ccc(F)cc1. The largest absolute Gasteiger partial charge is 0.207 e. The van der Waals surface area contributed by atoms with E-state index in [1.165, 1.54) is 12.1 Å². The van der Waals surface area contributed by atoms with E-state index < -0.39 is 0 Å². The van der Waals surface area contributed by atoms with E-state index in [9.17, 15) is 4.39 Å². The maximum atomic E-state index is 12.7. The number of nitrogens with zero attached hydrogens (tertiary/aromatic N) is 1. The smallest absolute Gasteiger partial charge is 0.204 e. The van der Waals surface area contributed by atoms with Gasteiger partial charge in [-0.25, -0.2) is 8.96 Å². The molecule has 0 unspecified atom stereocenters. The van der Waals surface area contributed by atoms with E-state index in [0.717, 1.165) is 11.3 Å². The summed E-state index contributed by atoms with van der Waals surface area (Å²) in [7, 11) is 1.99. The Morgan fingerprint density at radius 2 is 1.75 bits per heavy atom. The van der Waals surface area contributed by atoms with Crippen LogP contribution < -0.4 is 4.57 Å². The van der Waals surface area contributed by atoms with Crippen LogP contribution in [-0.4, -0.2) is 0 Å². The molecule has 80 valence electrons. The number of benzene rings is 1. The zero-order valence-electron chi connectivity index (χ0n) is 9.10. The average molecular weight is 214 g/mol. The fourth-order valence-electron chi connectivity index (χ4n) is 1.47. The summed E-state index contributed by atoms with van der Waals surface area (Å²) >= 11 is 0. The molecule has 0 fully saturated rings. The third-order valence-electron chi connectivity index (χ3n) is 2.41. The molecule has 0 N–H and O–H groups in total. The predicted octanol–water partition coefficient (Wildman–Crippen LogP) is 2.82. The first-order valence-electron chi connectivity index (χ1n) is 5.14. The van der Waals surface area contributed by atoms with E-state index in [4.69, 9.17) is 0 Å². The summed E-state index contributed by atoms with van der Waals surface area (Å²) in [5, 5.41) is 0.